The van der Waals surface area contributed by atoms with Gasteiger partial charge in [-0.3, -0.25) is 4.79 Å². The fourth-order valence-electron chi connectivity index (χ4n) is 1.86. The van der Waals surface area contributed by atoms with Crippen LogP contribution in [-0.2, 0) is 9.53 Å². The molecule has 1 rings (SSSR count). The molecule has 1 aromatic carbocycles. The van der Waals surface area contributed by atoms with Crippen molar-refractivity contribution in [1.82, 2.24) is 0 Å². The zero-order chi connectivity index (χ0) is 16.5. The minimum atomic E-state index is -0.398. The predicted molar refractivity (Wildman–Crippen MR) is 92.6 cm³/mol. The van der Waals surface area contributed by atoms with Gasteiger partial charge in [-0.15, -0.1) is 0 Å². The van der Waals surface area contributed by atoms with Crippen LogP contribution in [0.5, 0.6) is 0 Å². The minimum absolute atomic E-state index is 0.00879. The number of ether oxygens (including phenoxy) is 1. The maximum Gasteiger partial charge on any atom is 0.340 e. The Hall–Kier alpha value is -1.49. The van der Waals surface area contributed by atoms with E-state index in [1.807, 2.05) is 6.07 Å². The van der Waals surface area contributed by atoms with Crippen molar-refractivity contribution in [2.75, 3.05) is 30.1 Å². The second-order valence-corrected chi connectivity index (χ2v) is 6.53. The fraction of sp³-hybridized carbons (Fsp3) is 0.529. The highest BCUT2D eigenvalue weighted by molar-refractivity contribution is 7.99. The van der Waals surface area contributed by atoms with Crippen LogP contribution in [-0.4, -0.2) is 37.0 Å². The van der Waals surface area contributed by atoms with Crippen LogP contribution in [0.1, 0.15) is 37.6 Å². The summed E-state index contributed by atoms with van der Waals surface area (Å²) in [4.78, 5) is 25.8. The van der Waals surface area contributed by atoms with Crippen molar-refractivity contribution in [3.05, 3.63) is 29.8 Å². The first-order valence-corrected chi connectivity index (χ1v) is 8.73. The zero-order valence-corrected chi connectivity index (χ0v) is 14.6. The van der Waals surface area contributed by atoms with E-state index in [0.29, 0.717) is 29.5 Å². The van der Waals surface area contributed by atoms with Crippen LogP contribution in [0.2, 0.25) is 0 Å². The zero-order valence-electron chi connectivity index (χ0n) is 13.8. The van der Waals surface area contributed by atoms with Crippen molar-refractivity contribution in [2.45, 2.75) is 27.2 Å². The number of rotatable bonds is 8. The summed E-state index contributed by atoms with van der Waals surface area (Å²) in [5, 5.41) is 0. The number of carbonyl (C=O) groups is 2. The highest BCUT2D eigenvalue weighted by Gasteiger charge is 2.18. The van der Waals surface area contributed by atoms with E-state index in [9.17, 15) is 9.59 Å². The Labute approximate surface area is 137 Å². The van der Waals surface area contributed by atoms with Crippen LogP contribution in [0.3, 0.4) is 0 Å². The van der Waals surface area contributed by atoms with E-state index < -0.39 is 5.97 Å². The number of para-hydroxylation sites is 1. The molecule has 0 bridgehead atoms. The molecule has 0 saturated heterocycles. The highest BCUT2D eigenvalue weighted by atomic mass is 32.2. The molecule has 0 fully saturated rings. The molecule has 0 aliphatic carbocycles. The maximum absolute atomic E-state index is 12.3. The van der Waals surface area contributed by atoms with Gasteiger partial charge in [-0.25, -0.2) is 4.79 Å². The van der Waals surface area contributed by atoms with E-state index in [4.69, 9.17) is 4.74 Å². The first kappa shape index (κ1) is 18.6. The molecule has 122 valence electrons. The van der Waals surface area contributed by atoms with E-state index in [1.54, 1.807) is 43.9 Å². The molecule has 1 aromatic rings. The summed E-state index contributed by atoms with van der Waals surface area (Å²) in [6, 6.07) is 7.03. The standard InChI is InChI=1S/C17H25NO3S/c1-5-21-17(20)14-8-6-7-9-15(14)18(4)16(19)12-22-11-10-13(2)3/h6-9,13H,5,10-12H2,1-4H3. The molecule has 0 saturated carbocycles. The number of carbonyl (C=O) groups excluding carboxylic acids is 2. The molecule has 0 aromatic heterocycles. The molecule has 0 aliphatic heterocycles. The van der Waals surface area contributed by atoms with Gasteiger partial charge in [-0.05, 0) is 37.1 Å². The summed E-state index contributed by atoms with van der Waals surface area (Å²) in [5.41, 5.74) is 1.02. The topological polar surface area (TPSA) is 46.6 Å². The van der Waals surface area contributed by atoms with Crippen molar-refractivity contribution in [1.29, 1.82) is 0 Å². The second-order valence-electron chi connectivity index (χ2n) is 5.43. The van der Waals surface area contributed by atoms with Crippen LogP contribution in [0.25, 0.3) is 0 Å². The molecular formula is C17H25NO3S. The monoisotopic (exact) mass is 323 g/mol. The van der Waals surface area contributed by atoms with Gasteiger partial charge in [0.1, 0.15) is 0 Å². The van der Waals surface area contributed by atoms with Crippen molar-refractivity contribution < 1.29 is 14.3 Å². The number of thioether (sulfide) groups is 1. The van der Waals surface area contributed by atoms with Crippen LogP contribution >= 0.6 is 11.8 Å². The van der Waals surface area contributed by atoms with Crippen molar-refractivity contribution in [3.8, 4) is 0 Å². The van der Waals surface area contributed by atoms with Crippen molar-refractivity contribution in [2.24, 2.45) is 5.92 Å². The minimum Gasteiger partial charge on any atom is -0.462 e. The Kier molecular flexibility index (Phi) is 8.02. The molecule has 0 radical (unpaired) electrons. The molecule has 0 heterocycles. The second kappa shape index (κ2) is 9.51. The summed E-state index contributed by atoms with van der Waals surface area (Å²) in [7, 11) is 1.70. The summed E-state index contributed by atoms with van der Waals surface area (Å²) in [5.74, 6) is 1.62. The number of benzene rings is 1. The number of hydrogen-bond acceptors (Lipinski definition) is 4. The summed E-state index contributed by atoms with van der Waals surface area (Å²) in [6.45, 7) is 6.42. The third kappa shape index (κ3) is 5.72. The van der Waals surface area contributed by atoms with E-state index >= 15 is 0 Å². The molecule has 0 spiro atoms. The van der Waals surface area contributed by atoms with E-state index in [2.05, 4.69) is 13.8 Å². The lowest BCUT2D eigenvalue weighted by atomic mass is 10.1. The van der Waals surface area contributed by atoms with Gasteiger partial charge in [0.05, 0.1) is 23.6 Å². The fourth-order valence-corrected chi connectivity index (χ4v) is 3.01. The van der Waals surface area contributed by atoms with Crippen molar-refractivity contribution >= 4 is 29.3 Å². The lowest BCUT2D eigenvalue weighted by Gasteiger charge is -2.20. The van der Waals surface area contributed by atoms with E-state index in [-0.39, 0.29) is 5.91 Å². The molecule has 5 heteroatoms. The van der Waals surface area contributed by atoms with Crippen LogP contribution < -0.4 is 4.90 Å². The average Bonchev–Trinajstić information content (AvgIpc) is 2.50. The third-order valence-electron chi connectivity index (χ3n) is 3.20. The number of esters is 1. The number of nitrogens with zero attached hydrogens (tertiary/aromatic N) is 1. The molecule has 0 unspecified atom stereocenters. The molecule has 0 atom stereocenters. The maximum atomic E-state index is 12.3. The highest BCUT2D eigenvalue weighted by Crippen LogP contribution is 2.21. The Morgan fingerprint density at radius 3 is 2.59 bits per heavy atom. The Balaban J connectivity index is 2.70. The molecule has 22 heavy (non-hydrogen) atoms. The smallest absolute Gasteiger partial charge is 0.340 e. The van der Waals surface area contributed by atoms with Gasteiger partial charge < -0.3 is 9.64 Å². The van der Waals surface area contributed by atoms with Gasteiger partial charge >= 0.3 is 5.97 Å². The SMILES string of the molecule is CCOC(=O)c1ccccc1N(C)C(=O)CSCCC(C)C. The van der Waals surface area contributed by atoms with Gasteiger partial charge in [-0.2, -0.15) is 11.8 Å². The first-order valence-electron chi connectivity index (χ1n) is 7.57. The molecule has 4 nitrogen and oxygen atoms in total. The average molecular weight is 323 g/mol. The first-order chi connectivity index (χ1) is 10.5. The van der Waals surface area contributed by atoms with Crippen LogP contribution in [0.4, 0.5) is 5.69 Å². The largest absolute Gasteiger partial charge is 0.462 e. The molecule has 0 aliphatic rings. The Morgan fingerprint density at radius 1 is 1.27 bits per heavy atom. The molecule has 1 amide bonds. The lowest BCUT2D eigenvalue weighted by molar-refractivity contribution is -0.115. The van der Waals surface area contributed by atoms with E-state index in [0.717, 1.165) is 12.2 Å². The number of amides is 1. The summed E-state index contributed by atoms with van der Waals surface area (Å²) in [6.07, 6.45) is 1.10. The normalized spacial score (nSPS) is 10.6. The Morgan fingerprint density at radius 2 is 1.95 bits per heavy atom. The van der Waals surface area contributed by atoms with Gasteiger partial charge in [-0.1, -0.05) is 26.0 Å². The van der Waals surface area contributed by atoms with Crippen LogP contribution in [0, 0.1) is 5.92 Å². The van der Waals surface area contributed by atoms with Gasteiger partial charge in [0.25, 0.3) is 0 Å². The van der Waals surface area contributed by atoms with Crippen molar-refractivity contribution in [3.63, 3.8) is 0 Å². The van der Waals surface area contributed by atoms with Crippen LogP contribution in [0.15, 0.2) is 24.3 Å². The third-order valence-corrected chi connectivity index (χ3v) is 4.18. The lowest BCUT2D eigenvalue weighted by Crippen LogP contribution is -2.29. The quantitative estimate of drug-likeness (QED) is 0.542. The Bertz CT molecular complexity index is 502. The molecular weight excluding hydrogens is 298 g/mol. The predicted octanol–water partition coefficient (Wildman–Crippen LogP) is 3.61. The summed E-state index contributed by atoms with van der Waals surface area (Å²) < 4.78 is 5.04. The number of anilines is 1. The molecule has 0 N–H and O–H groups in total. The van der Waals surface area contributed by atoms with Gasteiger partial charge in [0, 0.05) is 7.05 Å². The van der Waals surface area contributed by atoms with Gasteiger partial charge in [0.2, 0.25) is 5.91 Å². The van der Waals surface area contributed by atoms with E-state index in [1.165, 1.54) is 4.90 Å². The summed E-state index contributed by atoms with van der Waals surface area (Å²) >= 11 is 1.63. The van der Waals surface area contributed by atoms with Gasteiger partial charge in [0.15, 0.2) is 0 Å². The number of hydrogen-bond donors (Lipinski definition) is 0.